The van der Waals surface area contributed by atoms with Crippen molar-refractivity contribution in [2.45, 2.75) is 52.2 Å². The average molecular weight is 197 g/mol. The summed E-state index contributed by atoms with van der Waals surface area (Å²) >= 11 is 0. The smallest absolute Gasteiger partial charge is 0.138 e. The number of aryl methyl sites for hydroxylation is 2. The van der Waals surface area contributed by atoms with Gasteiger partial charge in [-0.05, 0) is 26.2 Å². The van der Waals surface area contributed by atoms with Crippen LogP contribution in [0.4, 0.5) is 0 Å². The molecule has 1 rings (SSSR count). The van der Waals surface area contributed by atoms with Gasteiger partial charge in [-0.25, -0.2) is 4.98 Å². The van der Waals surface area contributed by atoms with Gasteiger partial charge in [0.25, 0.3) is 0 Å². The minimum Gasteiger partial charge on any atom is -0.393 e. The van der Waals surface area contributed by atoms with E-state index in [-0.39, 0.29) is 6.10 Å². The number of hydrogen-bond donors (Lipinski definition) is 1. The molecule has 0 aliphatic rings. The number of aliphatic hydroxyl groups excluding tert-OH is 1. The highest BCUT2D eigenvalue weighted by molar-refractivity contribution is 4.84. The molecule has 1 aromatic rings. The topological polar surface area (TPSA) is 50.9 Å². The summed E-state index contributed by atoms with van der Waals surface area (Å²) in [6.45, 7) is 4.92. The second-order valence-electron chi connectivity index (χ2n) is 3.45. The highest BCUT2D eigenvalue weighted by Crippen LogP contribution is 2.06. The van der Waals surface area contributed by atoms with Crippen LogP contribution in [0.5, 0.6) is 0 Å². The molecule has 0 aliphatic heterocycles. The van der Waals surface area contributed by atoms with Crippen LogP contribution in [0.15, 0.2) is 6.33 Å². The van der Waals surface area contributed by atoms with Crippen LogP contribution >= 0.6 is 0 Å². The Bertz CT molecular complexity index is 260. The summed E-state index contributed by atoms with van der Waals surface area (Å²) in [6, 6.07) is 0. The maximum Gasteiger partial charge on any atom is 0.138 e. The van der Waals surface area contributed by atoms with Crippen molar-refractivity contribution in [3.8, 4) is 0 Å². The van der Waals surface area contributed by atoms with Crippen molar-refractivity contribution in [3.05, 3.63) is 12.2 Å². The fourth-order valence-electron chi connectivity index (χ4n) is 1.45. The molecule has 1 N–H and O–H groups in total. The van der Waals surface area contributed by atoms with Crippen LogP contribution in [-0.2, 0) is 13.0 Å². The molecule has 0 saturated carbocycles. The molecule has 0 fully saturated rings. The van der Waals surface area contributed by atoms with Crippen LogP contribution in [0.1, 0.15) is 38.9 Å². The van der Waals surface area contributed by atoms with Gasteiger partial charge in [0.2, 0.25) is 0 Å². The van der Waals surface area contributed by atoms with Gasteiger partial charge >= 0.3 is 0 Å². The largest absolute Gasteiger partial charge is 0.393 e. The number of rotatable bonds is 6. The molecule has 1 atom stereocenters. The molecule has 4 heteroatoms. The highest BCUT2D eigenvalue weighted by Gasteiger charge is 2.04. The molecule has 0 bridgehead atoms. The molecule has 0 aromatic carbocycles. The van der Waals surface area contributed by atoms with Gasteiger partial charge < -0.3 is 5.11 Å². The second kappa shape index (κ2) is 5.75. The zero-order valence-corrected chi connectivity index (χ0v) is 8.98. The van der Waals surface area contributed by atoms with Crippen molar-refractivity contribution in [1.29, 1.82) is 0 Å². The van der Waals surface area contributed by atoms with E-state index >= 15 is 0 Å². The molecule has 1 aromatic heterocycles. The molecule has 1 unspecified atom stereocenters. The number of aliphatic hydroxyl groups is 1. The predicted octanol–water partition coefficient (Wildman–Crippen LogP) is 1.39. The lowest BCUT2D eigenvalue weighted by atomic mass is 10.1. The predicted molar refractivity (Wildman–Crippen MR) is 54.9 cm³/mol. The lowest BCUT2D eigenvalue weighted by Gasteiger charge is -2.06. The Kier molecular flexibility index (Phi) is 4.59. The van der Waals surface area contributed by atoms with Crippen LogP contribution in [-0.4, -0.2) is 26.0 Å². The van der Waals surface area contributed by atoms with Gasteiger partial charge in [0.05, 0.1) is 6.10 Å². The van der Waals surface area contributed by atoms with Crippen LogP contribution in [0, 0.1) is 0 Å². The minimum atomic E-state index is -0.159. The molecule has 14 heavy (non-hydrogen) atoms. The maximum atomic E-state index is 9.37. The molecule has 0 aliphatic carbocycles. The van der Waals surface area contributed by atoms with Crippen LogP contribution < -0.4 is 0 Å². The first-order valence-electron chi connectivity index (χ1n) is 5.32. The highest BCUT2D eigenvalue weighted by atomic mass is 16.3. The van der Waals surface area contributed by atoms with Crippen LogP contribution in [0.3, 0.4) is 0 Å². The Balaban J connectivity index is 2.31. The van der Waals surface area contributed by atoms with Gasteiger partial charge in [-0.2, -0.15) is 5.10 Å². The fraction of sp³-hybridized carbons (Fsp3) is 0.800. The molecule has 0 saturated heterocycles. The van der Waals surface area contributed by atoms with E-state index in [0.29, 0.717) is 0 Å². The molecular formula is C10H19N3O. The Morgan fingerprint density at radius 3 is 2.93 bits per heavy atom. The van der Waals surface area contributed by atoms with Gasteiger partial charge in [-0.3, -0.25) is 4.68 Å². The summed E-state index contributed by atoms with van der Waals surface area (Å²) in [4.78, 5) is 4.18. The molecular weight excluding hydrogens is 178 g/mol. The Hall–Kier alpha value is -0.900. The second-order valence-corrected chi connectivity index (χ2v) is 3.45. The molecule has 80 valence electrons. The van der Waals surface area contributed by atoms with Gasteiger partial charge in [0.15, 0.2) is 0 Å². The Labute approximate surface area is 85.0 Å². The third-order valence-electron chi connectivity index (χ3n) is 2.40. The van der Waals surface area contributed by atoms with Gasteiger partial charge in [0, 0.05) is 13.0 Å². The van der Waals surface area contributed by atoms with E-state index in [9.17, 15) is 5.11 Å². The van der Waals surface area contributed by atoms with Crippen molar-refractivity contribution in [2.75, 3.05) is 0 Å². The van der Waals surface area contributed by atoms with E-state index in [1.807, 2.05) is 11.6 Å². The summed E-state index contributed by atoms with van der Waals surface area (Å²) in [7, 11) is 0. The van der Waals surface area contributed by atoms with E-state index in [0.717, 1.165) is 38.1 Å². The number of hydrogen-bond acceptors (Lipinski definition) is 3. The molecule has 4 nitrogen and oxygen atoms in total. The van der Waals surface area contributed by atoms with E-state index < -0.39 is 0 Å². The van der Waals surface area contributed by atoms with Gasteiger partial charge in [-0.15, -0.1) is 0 Å². The number of aromatic nitrogens is 3. The van der Waals surface area contributed by atoms with E-state index in [1.165, 1.54) is 0 Å². The fourth-order valence-corrected chi connectivity index (χ4v) is 1.45. The van der Waals surface area contributed by atoms with E-state index in [1.54, 1.807) is 6.33 Å². The van der Waals surface area contributed by atoms with E-state index in [4.69, 9.17) is 0 Å². The molecule has 0 spiro atoms. The SMILES string of the molecule is CCC(O)CCCc1ncnn1CC. The van der Waals surface area contributed by atoms with E-state index in [2.05, 4.69) is 17.0 Å². The Morgan fingerprint density at radius 2 is 2.29 bits per heavy atom. The first-order valence-corrected chi connectivity index (χ1v) is 5.32. The van der Waals surface area contributed by atoms with Crippen molar-refractivity contribution in [2.24, 2.45) is 0 Å². The summed E-state index contributed by atoms with van der Waals surface area (Å²) in [5.74, 6) is 1.02. The monoisotopic (exact) mass is 197 g/mol. The minimum absolute atomic E-state index is 0.159. The van der Waals surface area contributed by atoms with Gasteiger partial charge in [-0.1, -0.05) is 6.92 Å². The normalized spacial score (nSPS) is 13.1. The lowest BCUT2D eigenvalue weighted by molar-refractivity contribution is 0.157. The van der Waals surface area contributed by atoms with Crippen molar-refractivity contribution in [1.82, 2.24) is 14.8 Å². The third kappa shape index (κ3) is 3.10. The zero-order chi connectivity index (χ0) is 10.4. The summed E-state index contributed by atoms with van der Waals surface area (Å²) in [6.07, 6.45) is 5.01. The average Bonchev–Trinajstić information content (AvgIpc) is 2.65. The van der Waals surface area contributed by atoms with Crippen molar-refractivity contribution in [3.63, 3.8) is 0 Å². The quantitative estimate of drug-likeness (QED) is 0.749. The molecule has 0 radical (unpaired) electrons. The summed E-state index contributed by atoms with van der Waals surface area (Å²) < 4.78 is 1.90. The zero-order valence-electron chi connectivity index (χ0n) is 8.98. The van der Waals surface area contributed by atoms with Gasteiger partial charge in [0.1, 0.15) is 12.2 Å². The Morgan fingerprint density at radius 1 is 1.50 bits per heavy atom. The maximum absolute atomic E-state index is 9.37. The first kappa shape index (κ1) is 11.2. The molecule has 0 amide bonds. The summed E-state index contributed by atoms with van der Waals surface area (Å²) in [5.41, 5.74) is 0. The standard InChI is InChI=1S/C10H19N3O/c1-3-9(14)6-5-7-10-11-8-12-13(10)4-2/h8-9,14H,3-7H2,1-2H3. The summed E-state index contributed by atoms with van der Waals surface area (Å²) in [5, 5.41) is 13.5. The number of nitrogens with zero attached hydrogens (tertiary/aromatic N) is 3. The molecule has 1 heterocycles. The lowest BCUT2D eigenvalue weighted by Crippen LogP contribution is -2.07. The third-order valence-corrected chi connectivity index (χ3v) is 2.40. The first-order chi connectivity index (χ1) is 6.77. The van der Waals surface area contributed by atoms with Crippen molar-refractivity contribution < 1.29 is 5.11 Å². The van der Waals surface area contributed by atoms with Crippen molar-refractivity contribution >= 4 is 0 Å². The van der Waals surface area contributed by atoms with Crippen LogP contribution in [0.25, 0.3) is 0 Å². The van der Waals surface area contributed by atoms with Crippen LogP contribution in [0.2, 0.25) is 0 Å².